The summed E-state index contributed by atoms with van der Waals surface area (Å²) in [6.07, 6.45) is 0. The molecule has 4 rings (SSSR count). The van der Waals surface area contributed by atoms with E-state index in [9.17, 15) is 19.8 Å². The van der Waals surface area contributed by atoms with Gasteiger partial charge in [-0.05, 0) is 100 Å². The summed E-state index contributed by atoms with van der Waals surface area (Å²) in [6, 6.07) is 21.2. The number of nitrogens with zero attached hydrogens (tertiary/aromatic N) is 4. The van der Waals surface area contributed by atoms with Crippen LogP contribution in [-0.4, -0.2) is 22.0 Å². The van der Waals surface area contributed by atoms with E-state index in [-0.39, 0.29) is 44.3 Å². The molecule has 0 saturated carbocycles. The summed E-state index contributed by atoms with van der Waals surface area (Å²) in [5, 5.41) is 42.4. The highest BCUT2D eigenvalue weighted by molar-refractivity contribution is 6.34. The molecule has 0 unspecified atom stereocenters. The Hall–Kier alpha value is -5.32. The van der Waals surface area contributed by atoms with Gasteiger partial charge in [0.1, 0.15) is 22.9 Å². The van der Waals surface area contributed by atoms with Gasteiger partial charge < -0.3 is 20.8 Å². The van der Waals surface area contributed by atoms with E-state index in [0.29, 0.717) is 22.5 Å². The number of azo groups is 2. The van der Waals surface area contributed by atoms with Crippen LogP contribution in [0.25, 0.3) is 11.1 Å². The second kappa shape index (κ2) is 15.5. The number of aryl methyl sites for hydroxylation is 4. The van der Waals surface area contributed by atoms with Crippen molar-refractivity contribution in [3.8, 4) is 11.1 Å². The van der Waals surface area contributed by atoms with Crippen LogP contribution >= 0.6 is 23.2 Å². The number of rotatable bonds is 9. The van der Waals surface area contributed by atoms with Gasteiger partial charge >= 0.3 is 0 Å². The fourth-order valence-electron chi connectivity index (χ4n) is 4.58. The zero-order valence-electron chi connectivity index (χ0n) is 27.2. The minimum atomic E-state index is -0.621. The number of aliphatic hydroxyl groups excluding tert-OH is 2. The molecule has 4 aromatic carbocycles. The van der Waals surface area contributed by atoms with E-state index in [0.717, 1.165) is 22.3 Å². The Morgan fingerprint density at radius 1 is 0.583 bits per heavy atom. The summed E-state index contributed by atoms with van der Waals surface area (Å²) in [4.78, 5) is 25.7. The quantitative estimate of drug-likeness (QED) is 0.0788. The first-order chi connectivity index (χ1) is 22.7. The maximum absolute atomic E-state index is 12.9. The molecule has 10 nitrogen and oxygen atoms in total. The molecule has 0 heterocycles. The van der Waals surface area contributed by atoms with Crippen molar-refractivity contribution in [2.75, 3.05) is 10.6 Å². The van der Waals surface area contributed by atoms with Gasteiger partial charge in [-0.1, -0.05) is 70.7 Å². The van der Waals surface area contributed by atoms with Crippen molar-refractivity contribution in [2.45, 2.75) is 41.5 Å². The largest absolute Gasteiger partial charge is 0.510 e. The predicted octanol–water partition coefficient (Wildman–Crippen LogP) is 10.9. The van der Waals surface area contributed by atoms with E-state index in [4.69, 9.17) is 23.2 Å². The molecular weight excluding hydrogens is 651 g/mol. The van der Waals surface area contributed by atoms with Crippen LogP contribution < -0.4 is 10.6 Å². The number of hydrogen-bond donors (Lipinski definition) is 4. The van der Waals surface area contributed by atoms with Gasteiger partial charge in [0.05, 0.1) is 10.0 Å². The van der Waals surface area contributed by atoms with E-state index in [2.05, 4.69) is 31.1 Å². The van der Waals surface area contributed by atoms with Crippen molar-refractivity contribution in [3.05, 3.63) is 128 Å². The lowest BCUT2D eigenvalue weighted by Crippen LogP contribution is -2.15. The number of nitrogens with one attached hydrogen (secondary N) is 2. The molecule has 0 aliphatic heterocycles. The molecule has 0 saturated heterocycles. The van der Waals surface area contributed by atoms with Gasteiger partial charge in [0.25, 0.3) is 11.8 Å². The summed E-state index contributed by atoms with van der Waals surface area (Å²) in [5.41, 5.74) is 6.43. The SMILES string of the molecule is C/C(O)=C(/N=Nc1ccc(-c2ccc(N=N/C(C(=O)Nc3ccc(C)cc3C)=C(\C)O)c(Cl)c2)cc1Cl)C(=O)Nc1ccc(C)cc1C. The first-order valence-electron chi connectivity index (χ1n) is 14.7. The molecular formula is C36H34Cl2N6O4. The van der Waals surface area contributed by atoms with Gasteiger partial charge in [-0.25, -0.2) is 0 Å². The zero-order valence-corrected chi connectivity index (χ0v) is 28.7. The lowest BCUT2D eigenvalue weighted by Gasteiger charge is -2.10. The second-order valence-electron chi connectivity index (χ2n) is 11.1. The van der Waals surface area contributed by atoms with Gasteiger partial charge in [-0.3, -0.25) is 9.59 Å². The third-order valence-electron chi connectivity index (χ3n) is 7.12. The van der Waals surface area contributed by atoms with E-state index in [1.165, 1.54) is 13.8 Å². The first-order valence-corrected chi connectivity index (χ1v) is 15.5. The Labute approximate surface area is 288 Å². The Morgan fingerprint density at radius 3 is 1.27 bits per heavy atom. The van der Waals surface area contributed by atoms with Crippen LogP contribution in [0.15, 0.2) is 116 Å². The molecule has 0 radical (unpaired) electrons. The Morgan fingerprint density at radius 2 is 0.958 bits per heavy atom. The monoisotopic (exact) mass is 684 g/mol. The van der Waals surface area contributed by atoms with Gasteiger partial charge in [0, 0.05) is 11.4 Å². The molecule has 4 N–H and O–H groups in total. The van der Waals surface area contributed by atoms with Crippen molar-refractivity contribution in [1.29, 1.82) is 0 Å². The highest BCUT2D eigenvalue weighted by atomic mass is 35.5. The highest BCUT2D eigenvalue weighted by Gasteiger charge is 2.17. The smallest absolute Gasteiger partial charge is 0.279 e. The molecule has 2 amide bonds. The minimum absolute atomic E-state index is 0.240. The lowest BCUT2D eigenvalue weighted by atomic mass is 10.1. The van der Waals surface area contributed by atoms with Crippen LogP contribution in [0.4, 0.5) is 22.7 Å². The fourth-order valence-corrected chi connectivity index (χ4v) is 5.01. The highest BCUT2D eigenvalue weighted by Crippen LogP contribution is 2.35. The third-order valence-corrected chi connectivity index (χ3v) is 7.73. The van der Waals surface area contributed by atoms with Crippen LogP contribution in [0.3, 0.4) is 0 Å². The molecule has 0 spiro atoms. The molecule has 246 valence electrons. The van der Waals surface area contributed by atoms with Crippen LogP contribution in [0.2, 0.25) is 10.0 Å². The number of carbonyl (C=O) groups is 2. The Balaban J connectivity index is 1.49. The molecule has 0 aliphatic carbocycles. The van der Waals surface area contributed by atoms with E-state index in [1.807, 2.05) is 52.0 Å². The Bertz CT molecular complexity index is 1880. The molecule has 0 atom stereocenters. The number of carbonyl (C=O) groups excluding carboxylic acids is 2. The number of anilines is 2. The van der Waals surface area contributed by atoms with Crippen LogP contribution in [0.1, 0.15) is 36.1 Å². The van der Waals surface area contributed by atoms with Gasteiger partial charge in [0.2, 0.25) is 0 Å². The van der Waals surface area contributed by atoms with Gasteiger partial charge in [-0.15, -0.1) is 20.5 Å². The van der Waals surface area contributed by atoms with E-state index < -0.39 is 11.8 Å². The van der Waals surface area contributed by atoms with Crippen molar-refractivity contribution < 1.29 is 19.8 Å². The summed E-state index contributed by atoms with van der Waals surface area (Å²) in [6.45, 7) is 10.3. The maximum atomic E-state index is 12.9. The standard InChI is InChI=1S/C36H34Cl2N6O4/c1-19-7-11-29(21(3)15-19)39-35(47)33(23(5)45)43-41-31-13-9-25(17-27(31)37)26-10-14-32(28(38)18-26)42-44-34(24(6)46)36(48)40-30-12-8-20(2)16-22(30)4/h7-18,45-46H,1-6H3,(H,39,47)(H,40,48)/b33-23-,34-24+,43-41?,44-42?. The fraction of sp³-hybridized carbons (Fsp3) is 0.167. The molecule has 0 fully saturated rings. The third kappa shape index (κ3) is 8.93. The van der Waals surface area contributed by atoms with Gasteiger partial charge in [-0.2, -0.15) is 0 Å². The van der Waals surface area contributed by atoms with Crippen molar-refractivity contribution >= 4 is 57.8 Å². The number of benzene rings is 4. The van der Waals surface area contributed by atoms with E-state index in [1.54, 1.807) is 48.5 Å². The summed E-state index contributed by atoms with van der Waals surface area (Å²) in [7, 11) is 0. The lowest BCUT2D eigenvalue weighted by molar-refractivity contribution is -0.113. The normalized spacial score (nSPS) is 12.6. The summed E-state index contributed by atoms with van der Waals surface area (Å²) < 4.78 is 0. The van der Waals surface area contributed by atoms with E-state index >= 15 is 0 Å². The topological polar surface area (TPSA) is 148 Å². The van der Waals surface area contributed by atoms with Crippen LogP contribution in [0, 0.1) is 27.7 Å². The molecule has 0 bridgehead atoms. The van der Waals surface area contributed by atoms with Crippen molar-refractivity contribution in [1.82, 2.24) is 0 Å². The average molecular weight is 686 g/mol. The zero-order chi connectivity index (χ0) is 35.1. The van der Waals surface area contributed by atoms with Crippen LogP contribution in [-0.2, 0) is 9.59 Å². The minimum Gasteiger partial charge on any atom is -0.510 e. The molecule has 4 aromatic rings. The Kier molecular flexibility index (Phi) is 11.5. The number of halogens is 2. The first kappa shape index (κ1) is 35.5. The predicted molar refractivity (Wildman–Crippen MR) is 191 cm³/mol. The second-order valence-corrected chi connectivity index (χ2v) is 12.0. The van der Waals surface area contributed by atoms with Crippen LogP contribution in [0.5, 0.6) is 0 Å². The number of hydrogen-bond acceptors (Lipinski definition) is 8. The molecule has 48 heavy (non-hydrogen) atoms. The average Bonchev–Trinajstić information content (AvgIpc) is 3.01. The van der Waals surface area contributed by atoms with Crippen molar-refractivity contribution in [2.24, 2.45) is 20.5 Å². The number of allylic oxidation sites excluding steroid dienone is 2. The molecule has 0 aliphatic rings. The van der Waals surface area contributed by atoms with Gasteiger partial charge in [0.15, 0.2) is 11.4 Å². The molecule has 12 heteroatoms. The maximum Gasteiger partial charge on any atom is 0.279 e. The number of amides is 2. The number of aliphatic hydroxyl groups is 2. The van der Waals surface area contributed by atoms with Crippen molar-refractivity contribution in [3.63, 3.8) is 0 Å². The summed E-state index contributed by atoms with van der Waals surface area (Å²) in [5.74, 6) is -1.85. The molecule has 0 aromatic heterocycles. The summed E-state index contributed by atoms with van der Waals surface area (Å²) >= 11 is 13.0.